The van der Waals surface area contributed by atoms with Crippen molar-refractivity contribution in [1.29, 1.82) is 0 Å². The summed E-state index contributed by atoms with van der Waals surface area (Å²) < 4.78 is 11.4. The summed E-state index contributed by atoms with van der Waals surface area (Å²) in [5.41, 5.74) is 2.72. The Morgan fingerprint density at radius 3 is 2.45 bits per heavy atom. The average molecular weight is 364 g/mol. The molecule has 2 aromatic carbocycles. The first-order valence-electron chi connectivity index (χ1n) is 6.80. The molecule has 22 heavy (non-hydrogen) atoms. The van der Waals surface area contributed by atoms with E-state index >= 15 is 0 Å². The SMILES string of the molecule is COc1ccc(CC(=O)Nc2ccc(Br)c(C)c2)cc1OC. The lowest BCUT2D eigenvalue weighted by Gasteiger charge is -2.10. The van der Waals surface area contributed by atoms with Gasteiger partial charge in [-0.1, -0.05) is 22.0 Å². The molecular weight excluding hydrogens is 346 g/mol. The van der Waals surface area contributed by atoms with Crippen LogP contribution < -0.4 is 14.8 Å². The Morgan fingerprint density at radius 1 is 1.09 bits per heavy atom. The summed E-state index contributed by atoms with van der Waals surface area (Å²) in [5.74, 6) is 1.19. The maximum Gasteiger partial charge on any atom is 0.228 e. The zero-order chi connectivity index (χ0) is 16.1. The number of carbonyl (C=O) groups is 1. The molecule has 0 aliphatic rings. The van der Waals surface area contributed by atoms with E-state index in [4.69, 9.17) is 9.47 Å². The van der Waals surface area contributed by atoms with E-state index in [1.54, 1.807) is 20.3 Å². The maximum atomic E-state index is 12.1. The van der Waals surface area contributed by atoms with E-state index in [1.807, 2.05) is 37.3 Å². The third-order valence-corrected chi connectivity index (χ3v) is 4.14. The molecule has 0 aromatic heterocycles. The molecule has 0 radical (unpaired) electrons. The van der Waals surface area contributed by atoms with Crippen LogP contribution in [-0.2, 0) is 11.2 Å². The molecule has 5 heteroatoms. The molecule has 1 N–H and O–H groups in total. The van der Waals surface area contributed by atoms with Gasteiger partial charge in [-0.2, -0.15) is 0 Å². The van der Waals surface area contributed by atoms with E-state index in [9.17, 15) is 4.79 Å². The summed E-state index contributed by atoms with van der Waals surface area (Å²) >= 11 is 3.44. The van der Waals surface area contributed by atoms with Crippen molar-refractivity contribution >= 4 is 27.5 Å². The first-order valence-corrected chi connectivity index (χ1v) is 7.59. The van der Waals surface area contributed by atoms with Crippen molar-refractivity contribution in [2.45, 2.75) is 13.3 Å². The molecule has 0 aliphatic carbocycles. The fourth-order valence-corrected chi connectivity index (χ4v) is 2.35. The van der Waals surface area contributed by atoms with E-state index in [0.717, 1.165) is 21.3 Å². The van der Waals surface area contributed by atoms with Crippen molar-refractivity contribution < 1.29 is 14.3 Å². The van der Waals surface area contributed by atoms with Gasteiger partial charge in [-0.3, -0.25) is 4.79 Å². The van der Waals surface area contributed by atoms with Crippen molar-refractivity contribution in [1.82, 2.24) is 0 Å². The minimum atomic E-state index is -0.0751. The van der Waals surface area contributed by atoms with Crippen LogP contribution in [-0.4, -0.2) is 20.1 Å². The van der Waals surface area contributed by atoms with Crippen LogP contribution in [0.4, 0.5) is 5.69 Å². The zero-order valence-corrected chi connectivity index (χ0v) is 14.4. The molecule has 0 unspecified atom stereocenters. The number of carbonyl (C=O) groups excluding carboxylic acids is 1. The summed E-state index contributed by atoms with van der Waals surface area (Å²) in [5, 5.41) is 2.89. The maximum absolute atomic E-state index is 12.1. The van der Waals surface area contributed by atoms with E-state index in [1.165, 1.54) is 0 Å². The number of halogens is 1. The molecule has 0 fully saturated rings. The van der Waals surface area contributed by atoms with Crippen molar-refractivity contribution in [2.75, 3.05) is 19.5 Å². The van der Waals surface area contributed by atoms with Gasteiger partial charge in [-0.25, -0.2) is 0 Å². The zero-order valence-electron chi connectivity index (χ0n) is 12.8. The lowest BCUT2D eigenvalue weighted by Crippen LogP contribution is -2.14. The highest BCUT2D eigenvalue weighted by Crippen LogP contribution is 2.28. The summed E-state index contributed by atoms with van der Waals surface area (Å²) in [6, 6.07) is 11.2. The fraction of sp³-hybridized carbons (Fsp3) is 0.235. The molecule has 0 bridgehead atoms. The molecule has 0 heterocycles. The van der Waals surface area contributed by atoms with E-state index in [2.05, 4.69) is 21.2 Å². The van der Waals surface area contributed by atoms with Gasteiger partial charge in [0.2, 0.25) is 5.91 Å². The Bertz CT molecular complexity index is 686. The number of rotatable bonds is 5. The molecule has 2 aromatic rings. The largest absolute Gasteiger partial charge is 0.493 e. The predicted octanol–water partition coefficient (Wildman–Crippen LogP) is 3.96. The average Bonchev–Trinajstić information content (AvgIpc) is 2.50. The Labute approximate surface area is 138 Å². The number of hydrogen-bond acceptors (Lipinski definition) is 3. The first kappa shape index (κ1) is 16.4. The molecule has 0 spiro atoms. The molecular formula is C17H18BrNO3. The van der Waals surface area contributed by atoms with Crippen molar-refractivity contribution in [3.63, 3.8) is 0 Å². The van der Waals surface area contributed by atoms with E-state index in [0.29, 0.717) is 11.5 Å². The lowest BCUT2D eigenvalue weighted by molar-refractivity contribution is -0.115. The van der Waals surface area contributed by atoms with Crippen LogP contribution in [0.15, 0.2) is 40.9 Å². The van der Waals surface area contributed by atoms with Crippen LogP contribution >= 0.6 is 15.9 Å². The van der Waals surface area contributed by atoms with Crippen LogP contribution in [0.5, 0.6) is 11.5 Å². The summed E-state index contributed by atoms with van der Waals surface area (Å²) in [4.78, 5) is 12.1. The number of methoxy groups -OCH3 is 2. The Kier molecular flexibility index (Phi) is 5.44. The molecule has 0 saturated heterocycles. The number of amides is 1. The third-order valence-electron chi connectivity index (χ3n) is 3.25. The Balaban J connectivity index is 2.07. The number of ether oxygens (including phenoxy) is 2. The number of anilines is 1. The van der Waals surface area contributed by atoms with Crippen LogP contribution in [0.2, 0.25) is 0 Å². The smallest absolute Gasteiger partial charge is 0.228 e. The van der Waals surface area contributed by atoms with Crippen LogP contribution in [0.3, 0.4) is 0 Å². The van der Waals surface area contributed by atoms with Gasteiger partial charge >= 0.3 is 0 Å². The van der Waals surface area contributed by atoms with E-state index < -0.39 is 0 Å². The topological polar surface area (TPSA) is 47.6 Å². The van der Waals surface area contributed by atoms with Gasteiger partial charge in [0.25, 0.3) is 0 Å². The molecule has 1 amide bonds. The van der Waals surface area contributed by atoms with Crippen LogP contribution in [0.25, 0.3) is 0 Å². The quantitative estimate of drug-likeness (QED) is 0.874. The second-order valence-corrected chi connectivity index (χ2v) is 5.73. The van der Waals surface area contributed by atoms with Gasteiger partial charge in [0.1, 0.15) is 0 Å². The van der Waals surface area contributed by atoms with Crippen LogP contribution in [0.1, 0.15) is 11.1 Å². The monoisotopic (exact) mass is 363 g/mol. The number of nitrogens with one attached hydrogen (secondary N) is 1. The number of aryl methyl sites for hydroxylation is 1. The third kappa shape index (κ3) is 4.01. The molecule has 2 rings (SSSR count). The second kappa shape index (κ2) is 7.31. The highest BCUT2D eigenvalue weighted by molar-refractivity contribution is 9.10. The Morgan fingerprint density at radius 2 is 1.82 bits per heavy atom. The minimum Gasteiger partial charge on any atom is -0.493 e. The normalized spacial score (nSPS) is 10.2. The van der Waals surface area contributed by atoms with Crippen molar-refractivity contribution in [3.05, 3.63) is 52.0 Å². The fourth-order valence-electron chi connectivity index (χ4n) is 2.10. The summed E-state index contributed by atoms with van der Waals surface area (Å²) in [7, 11) is 3.16. The number of hydrogen-bond donors (Lipinski definition) is 1. The number of benzene rings is 2. The van der Waals surface area contributed by atoms with Gasteiger partial charge in [0.15, 0.2) is 11.5 Å². The van der Waals surface area contributed by atoms with Gasteiger partial charge in [-0.05, 0) is 48.4 Å². The summed E-state index contributed by atoms with van der Waals surface area (Å²) in [6.45, 7) is 1.98. The second-order valence-electron chi connectivity index (χ2n) is 4.88. The molecule has 0 saturated carbocycles. The lowest BCUT2D eigenvalue weighted by atomic mass is 10.1. The first-order chi connectivity index (χ1) is 10.5. The highest BCUT2D eigenvalue weighted by atomic mass is 79.9. The van der Waals surface area contributed by atoms with Crippen LogP contribution in [0, 0.1) is 6.92 Å². The molecule has 4 nitrogen and oxygen atoms in total. The molecule has 0 aliphatic heterocycles. The minimum absolute atomic E-state index is 0.0751. The van der Waals surface area contributed by atoms with Gasteiger partial charge in [-0.15, -0.1) is 0 Å². The van der Waals surface area contributed by atoms with Gasteiger partial charge in [0.05, 0.1) is 20.6 Å². The summed E-state index contributed by atoms with van der Waals surface area (Å²) in [6.07, 6.45) is 0.273. The predicted molar refractivity (Wildman–Crippen MR) is 90.8 cm³/mol. The Hall–Kier alpha value is -2.01. The van der Waals surface area contributed by atoms with E-state index in [-0.39, 0.29) is 12.3 Å². The van der Waals surface area contributed by atoms with Crippen molar-refractivity contribution in [3.8, 4) is 11.5 Å². The highest BCUT2D eigenvalue weighted by Gasteiger charge is 2.09. The standard InChI is InChI=1S/C17H18BrNO3/c1-11-8-13(5-6-14(11)18)19-17(20)10-12-4-7-15(21-2)16(9-12)22-3/h4-9H,10H2,1-3H3,(H,19,20). The van der Waals surface area contributed by atoms with Crippen molar-refractivity contribution in [2.24, 2.45) is 0 Å². The van der Waals surface area contributed by atoms with Gasteiger partial charge < -0.3 is 14.8 Å². The molecule has 116 valence electrons. The molecule has 0 atom stereocenters. The van der Waals surface area contributed by atoms with Gasteiger partial charge in [0, 0.05) is 10.2 Å².